The normalized spacial score (nSPS) is 16.7. The van der Waals surface area contributed by atoms with Gasteiger partial charge in [0.1, 0.15) is 0 Å². The van der Waals surface area contributed by atoms with Crippen LogP contribution in [0.2, 0.25) is 0 Å². The zero-order valence-electron chi connectivity index (χ0n) is 13.9. The number of aromatic nitrogens is 1. The predicted molar refractivity (Wildman–Crippen MR) is 95.9 cm³/mol. The molecule has 0 unspecified atom stereocenters. The van der Waals surface area contributed by atoms with Crippen molar-refractivity contribution in [3.05, 3.63) is 46.0 Å². The highest BCUT2D eigenvalue weighted by atomic mass is 32.1. The molecule has 4 nitrogen and oxygen atoms in total. The summed E-state index contributed by atoms with van der Waals surface area (Å²) in [6.07, 6.45) is 1.66. The van der Waals surface area contributed by atoms with Gasteiger partial charge in [-0.2, -0.15) is 0 Å². The van der Waals surface area contributed by atoms with Gasteiger partial charge in [0.15, 0.2) is 5.13 Å². The van der Waals surface area contributed by atoms with Crippen molar-refractivity contribution >= 4 is 16.5 Å². The van der Waals surface area contributed by atoms with Crippen LogP contribution in [0.3, 0.4) is 0 Å². The largest absolute Gasteiger partial charge is 0.393 e. The summed E-state index contributed by atoms with van der Waals surface area (Å²) in [7, 11) is 0. The molecule has 3 rings (SSSR count). The highest BCUT2D eigenvalue weighted by molar-refractivity contribution is 7.15. The van der Waals surface area contributed by atoms with Crippen molar-refractivity contribution in [3.63, 3.8) is 0 Å². The maximum atomic E-state index is 9.64. The highest BCUT2D eigenvalue weighted by Crippen LogP contribution is 2.23. The minimum atomic E-state index is -0.112. The van der Waals surface area contributed by atoms with Gasteiger partial charge in [0.2, 0.25) is 0 Å². The molecule has 1 aromatic carbocycles. The SMILES string of the molecule is Cc1nc(NCc2ccccc2CN2CCC(O)CC2)sc1C. The maximum Gasteiger partial charge on any atom is 0.183 e. The van der Waals surface area contributed by atoms with Gasteiger partial charge >= 0.3 is 0 Å². The number of hydrogen-bond acceptors (Lipinski definition) is 5. The average molecular weight is 331 g/mol. The highest BCUT2D eigenvalue weighted by Gasteiger charge is 2.17. The molecule has 0 spiro atoms. The first-order valence-electron chi connectivity index (χ1n) is 8.27. The van der Waals surface area contributed by atoms with Gasteiger partial charge in [-0.25, -0.2) is 4.98 Å². The standard InChI is InChI=1S/C18H25N3OS/c1-13-14(2)23-18(20-13)19-11-15-5-3-4-6-16(15)12-21-9-7-17(22)8-10-21/h3-6,17,22H,7-12H2,1-2H3,(H,19,20). The van der Waals surface area contributed by atoms with E-state index in [0.717, 1.165) is 49.8 Å². The fourth-order valence-electron chi connectivity index (χ4n) is 2.92. The van der Waals surface area contributed by atoms with Gasteiger partial charge in [0.05, 0.1) is 11.8 Å². The Labute approximate surface area is 142 Å². The number of aliphatic hydroxyl groups excluding tert-OH is 1. The number of benzene rings is 1. The van der Waals surface area contributed by atoms with Gasteiger partial charge in [0, 0.05) is 31.1 Å². The number of nitrogens with one attached hydrogen (secondary N) is 1. The van der Waals surface area contributed by atoms with Crippen molar-refractivity contribution in [1.82, 2.24) is 9.88 Å². The van der Waals surface area contributed by atoms with Crippen molar-refractivity contribution in [2.45, 2.75) is 45.9 Å². The Balaban J connectivity index is 1.63. The summed E-state index contributed by atoms with van der Waals surface area (Å²) < 4.78 is 0. The first-order chi connectivity index (χ1) is 11.1. The molecule has 1 saturated heterocycles. The summed E-state index contributed by atoms with van der Waals surface area (Å²) in [6, 6.07) is 8.60. The molecule has 23 heavy (non-hydrogen) atoms. The predicted octanol–water partition coefficient (Wildman–Crippen LogP) is 3.33. The molecule has 1 fully saturated rings. The van der Waals surface area contributed by atoms with Crippen LogP contribution in [0, 0.1) is 13.8 Å². The Morgan fingerprint density at radius 3 is 2.57 bits per heavy atom. The lowest BCUT2D eigenvalue weighted by Crippen LogP contribution is -2.35. The minimum absolute atomic E-state index is 0.112. The lowest BCUT2D eigenvalue weighted by molar-refractivity contribution is 0.0791. The molecule has 5 heteroatoms. The zero-order valence-corrected chi connectivity index (χ0v) is 14.7. The monoisotopic (exact) mass is 331 g/mol. The number of anilines is 1. The number of aliphatic hydroxyl groups is 1. The number of aryl methyl sites for hydroxylation is 2. The number of nitrogens with zero attached hydrogens (tertiary/aromatic N) is 2. The molecule has 0 saturated carbocycles. The van der Waals surface area contributed by atoms with Gasteiger partial charge in [-0.3, -0.25) is 4.90 Å². The van der Waals surface area contributed by atoms with Gasteiger partial charge < -0.3 is 10.4 Å². The second-order valence-corrected chi connectivity index (χ2v) is 7.49. The Morgan fingerprint density at radius 2 is 1.91 bits per heavy atom. The van der Waals surface area contributed by atoms with Crippen LogP contribution in [0.5, 0.6) is 0 Å². The molecule has 0 amide bonds. The summed E-state index contributed by atoms with van der Waals surface area (Å²) in [5.74, 6) is 0. The summed E-state index contributed by atoms with van der Waals surface area (Å²) in [4.78, 5) is 8.25. The second-order valence-electron chi connectivity index (χ2n) is 6.29. The van der Waals surface area contributed by atoms with Crippen molar-refractivity contribution in [1.29, 1.82) is 0 Å². The zero-order chi connectivity index (χ0) is 16.2. The molecule has 2 aromatic rings. The number of piperidine rings is 1. The van der Waals surface area contributed by atoms with Crippen LogP contribution in [0.1, 0.15) is 34.5 Å². The van der Waals surface area contributed by atoms with Crippen LogP contribution < -0.4 is 5.32 Å². The molecule has 2 N–H and O–H groups in total. The molecule has 0 aliphatic carbocycles. The third kappa shape index (κ3) is 4.31. The second kappa shape index (κ2) is 7.43. The van der Waals surface area contributed by atoms with E-state index >= 15 is 0 Å². The van der Waals surface area contributed by atoms with Gasteiger partial charge in [0.25, 0.3) is 0 Å². The molecular weight excluding hydrogens is 306 g/mol. The van der Waals surface area contributed by atoms with Crippen LogP contribution in [0.15, 0.2) is 24.3 Å². The van der Waals surface area contributed by atoms with Gasteiger partial charge in [-0.15, -0.1) is 11.3 Å². The number of hydrogen-bond donors (Lipinski definition) is 2. The molecule has 1 aliphatic heterocycles. The third-order valence-electron chi connectivity index (χ3n) is 4.53. The third-order valence-corrected chi connectivity index (χ3v) is 5.56. The van der Waals surface area contributed by atoms with E-state index in [1.54, 1.807) is 11.3 Å². The Kier molecular flexibility index (Phi) is 5.30. The van der Waals surface area contributed by atoms with E-state index in [2.05, 4.69) is 53.3 Å². The number of likely N-dealkylation sites (tertiary alicyclic amines) is 1. The maximum absolute atomic E-state index is 9.64. The number of thiazole rings is 1. The van der Waals surface area contributed by atoms with E-state index in [4.69, 9.17) is 0 Å². The lowest BCUT2D eigenvalue weighted by atomic mass is 10.0. The summed E-state index contributed by atoms with van der Waals surface area (Å²) in [5.41, 5.74) is 3.79. The number of rotatable bonds is 5. The van der Waals surface area contributed by atoms with Crippen LogP contribution in [0.25, 0.3) is 0 Å². The van der Waals surface area contributed by atoms with Crippen LogP contribution in [-0.2, 0) is 13.1 Å². The molecule has 1 aliphatic rings. The Bertz CT molecular complexity index is 628. The smallest absolute Gasteiger partial charge is 0.183 e. The quantitative estimate of drug-likeness (QED) is 0.882. The average Bonchev–Trinajstić information content (AvgIpc) is 2.87. The van der Waals surface area contributed by atoms with Crippen molar-refractivity contribution in [2.75, 3.05) is 18.4 Å². The molecule has 0 atom stereocenters. The summed E-state index contributed by atoms with van der Waals surface area (Å²) in [6.45, 7) is 7.88. The van der Waals surface area contributed by atoms with E-state index in [0.29, 0.717) is 0 Å². The van der Waals surface area contributed by atoms with Crippen LogP contribution in [-0.4, -0.2) is 34.2 Å². The summed E-state index contributed by atoms with van der Waals surface area (Å²) in [5, 5.41) is 14.1. The lowest BCUT2D eigenvalue weighted by Gasteiger charge is -2.30. The van der Waals surface area contributed by atoms with E-state index in [9.17, 15) is 5.11 Å². The molecule has 0 radical (unpaired) electrons. The van der Waals surface area contributed by atoms with Crippen LogP contribution in [0.4, 0.5) is 5.13 Å². The summed E-state index contributed by atoms with van der Waals surface area (Å²) >= 11 is 1.71. The Morgan fingerprint density at radius 1 is 1.22 bits per heavy atom. The topological polar surface area (TPSA) is 48.4 Å². The Hall–Kier alpha value is -1.43. The molecule has 0 bridgehead atoms. The van der Waals surface area contributed by atoms with Gasteiger partial charge in [-0.05, 0) is 37.8 Å². The van der Waals surface area contributed by atoms with E-state index in [1.807, 2.05) is 0 Å². The van der Waals surface area contributed by atoms with Crippen molar-refractivity contribution in [2.24, 2.45) is 0 Å². The van der Waals surface area contributed by atoms with Crippen molar-refractivity contribution < 1.29 is 5.11 Å². The first-order valence-corrected chi connectivity index (χ1v) is 9.08. The molecular formula is C18H25N3OS. The van der Waals surface area contributed by atoms with Crippen LogP contribution >= 0.6 is 11.3 Å². The molecule has 2 heterocycles. The van der Waals surface area contributed by atoms with E-state index in [1.165, 1.54) is 16.0 Å². The van der Waals surface area contributed by atoms with Crippen molar-refractivity contribution in [3.8, 4) is 0 Å². The van der Waals surface area contributed by atoms with Gasteiger partial charge in [-0.1, -0.05) is 24.3 Å². The first kappa shape index (κ1) is 16.4. The fraction of sp³-hybridized carbons (Fsp3) is 0.500. The van der Waals surface area contributed by atoms with E-state index in [-0.39, 0.29) is 6.10 Å². The molecule has 124 valence electrons. The van der Waals surface area contributed by atoms with E-state index < -0.39 is 0 Å². The molecule has 1 aromatic heterocycles. The fourth-order valence-corrected chi connectivity index (χ4v) is 3.73. The minimum Gasteiger partial charge on any atom is -0.393 e.